The zero-order valence-corrected chi connectivity index (χ0v) is 15.7. The minimum Gasteiger partial charge on any atom is -0.377 e. The molecular formula is C18H19N5O3S. The van der Waals surface area contributed by atoms with Crippen molar-refractivity contribution in [2.24, 2.45) is 0 Å². The molecule has 0 fully saturated rings. The predicted octanol–water partition coefficient (Wildman–Crippen LogP) is 2.34. The first-order valence-corrected chi connectivity index (χ1v) is 9.65. The fourth-order valence-corrected chi connectivity index (χ4v) is 4.08. The van der Waals surface area contributed by atoms with Crippen LogP contribution in [0.1, 0.15) is 50.8 Å². The molecule has 2 aromatic heterocycles. The molecule has 0 unspecified atom stereocenters. The lowest BCUT2D eigenvalue weighted by Gasteiger charge is -2.13. The summed E-state index contributed by atoms with van der Waals surface area (Å²) >= 11 is 1.52. The molecule has 140 valence electrons. The molecule has 4 rings (SSSR count). The van der Waals surface area contributed by atoms with Crippen molar-refractivity contribution in [3.05, 3.63) is 46.2 Å². The number of benzene rings is 1. The number of imide groups is 1. The fourth-order valence-electron chi connectivity index (χ4n) is 3.18. The Morgan fingerprint density at radius 1 is 1.04 bits per heavy atom. The first kappa shape index (κ1) is 17.7. The van der Waals surface area contributed by atoms with Crippen LogP contribution in [0.5, 0.6) is 0 Å². The standard InChI is InChI=1S/C18H19N5O3S/c1-26-11-14-19-20-18-23(14)21-15(27-18)9-3-2-6-10-22-16(24)12-7-4-5-8-13(12)17(22)25/h4-5,7-8H,2-3,6,9-11H2,1H3. The number of carbonyl (C=O) groups excluding carboxylic acids is 2. The zero-order chi connectivity index (χ0) is 18.8. The van der Waals surface area contributed by atoms with Crippen LogP contribution < -0.4 is 0 Å². The number of ether oxygens (including phenoxy) is 1. The Morgan fingerprint density at radius 2 is 1.78 bits per heavy atom. The Morgan fingerprint density at radius 3 is 2.48 bits per heavy atom. The van der Waals surface area contributed by atoms with Gasteiger partial charge >= 0.3 is 0 Å². The van der Waals surface area contributed by atoms with Crippen LogP contribution >= 0.6 is 11.3 Å². The summed E-state index contributed by atoms with van der Waals surface area (Å²) in [6, 6.07) is 6.99. The molecule has 27 heavy (non-hydrogen) atoms. The largest absolute Gasteiger partial charge is 0.377 e. The van der Waals surface area contributed by atoms with Gasteiger partial charge in [-0.25, -0.2) is 0 Å². The molecule has 1 aliphatic rings. The van der Waals surface area contributed by atoms with Crippen LogP contribution in [0.25, 0.3) is 4.96 Å². The average Bonchev–Trinajstić information content (AvgIpc) is 3.31. The van der Waals surface area contributed by atoms with E-state index in [0.717, 1.165) is 35.7 Å². The van der Waals surface area contributed by atoms with E-state index in [4.69, 9.17) is 4.74 Å². The van der Waals surface area contributed by atoms with Crippen molar-refractivity contribution in [3.8, 4) is 0 Å². The van der Waals surface area contributed by atoms with Crippen LogP contribution in [-0.2, 0) is 17.8 Å². The van der Waals surface area contributed by atoms with Gasteiger partial charge in [0.05, 0.1) is 11.1 Å². The van der Waals surface area contributed by atoms with Crippen LogP contribution in [0.15, 0.2) is 24.3 Å². The van der Waals surface area contributed by atoms with Crippen molar-refractivity contribution in [1.82, 2.24) is 24.7 Å². The lowest BCUT2D eigenvalue weighted by molar-refractivity contribution is 0.0651. The molecule has 8 nitrogen and oxygen atoms in total. The third-order valence-corrected chi connectivity index (χ3v) is 5.48. The van der Waals surface area contributed by atoms with E-state index >= 15 is 0 Å². The highest BCUT2D eigenvalue weighted by molar-refractivity contribution is 7.16. The molecule has 0 radical (unpaired) electrons. The van der Waals surface area contributed by atoms with Crippen LogP contribution in [0.4, 0.5) is 0 Å². The molecule has 0 saturated carbocycles. The summed E-state index contributed by atoms with van der Waals surface area (Å²) in [5, 5.41) is 13.7. The summed E-state index contributed by atoms with van der Waals surface area (Å²) in [5.41, 5.74) is 1.02. The number of hydrogen-bond donors (Lipinski definition) is 0. The second kappa shape index (κ2) is 7.53. The predicted molar refractivity (Wildman–Crippen MR) is 98.7 cm³/mol. The summed E-state index contributed by atoms with van der Waals surface area (Å²) in [5.74, 6) is 0.325. The lowest BCUT2D eigenvalue weighted by atomic mass is 10.1. The van der Waals surface area contributed by atoms with Gasteiger partial charge in [-0.05, 0) is 25.0 Å². The van der Waals surface area contributed by atoms with Crippen molar-refractivity contribution in [2.45, 2.75) is 32.3 Å². The molecule has 0 atom stereocenters. The second-order valence-corrected chi connectivity index (χ2v) is 7.40. The van der Waals surface area contributed by atoms with Gasteiger partial charge in [-0.3, -0.25) is 14.5 Å². The Kier molecular flexibility index (Phi) is 4.95. The van der Waals surface area contributed by atoms with E-state index in [9.17, 15) is 9.59 Å². The number of hydrogen-bond acceptors (Lipinski definition) is 7. The van der Waals surface area contributed by atoms with E-state index in [-0.39, 0.29) is 11.8 Å². The van der Waals surface area contributed by atoms with Gasteiger partial charge < -0.3 is 4.74 Å². The molecule has 0 N–H and O–H groups in total. The lowest BCUT2D eigenvalue weighted by Crippen LogP contribution is -2.30. The molecule has 2 amide bonds. The van der Waals surface area contributed by atoms with Gasteiger partial charge in [0.15, 0.2) is 5.82 Å². The van der Waals surface area contributed by atoms with E-state index in [1.165, 1.54) is 16.2 Å². The van der Waals surface area contributed by atoms with Crippen LogP contribution in [0, 0.1) is 0 Å². The smallest absolute Gasteiger partial charge is 0.261 e. The minimum absolute atomic E-state index is 0.185. The maximum atomic E-state index is 12.3. The highest BCUT2D eigenvalue weighted by Crippen LogP contribution is 2.23. The number of amides is 2. The van der Waals surface area contributed by atoms with Gasteiger partial charge in [0.1, 0.15) is 11.6 Å². The fraction of sp³-hybridized carbons (Fsp3) is 0.389. The van der Waals surface area contributed by atoms with Crippen LogP contribution in [0.3, 0.4) is 0 Å². The Labute approximate surface area is 159 Å². The summed E-state index contributed by atoms with van der Waals surface area (Å²) < 4.78 is 6.81. The number of methoxy groups -OCH3 is 1. The molecule has 0 spiro atoms. The number of unbranched alkanes of at least 4 members (excludes halogenated alkanes) is 2. The SMILES string of the molecule is COCc1nnc2sc(CCCCCN3C(=O)c4ccccc4C3=O)nn12. The molecule has 0 aliphatic carbocycles. The molecule has 0 bridgehead atoms. The molecule has 1 aliphatic heterocycles. The summed E-state index contributed by atoms with van der Waals surface area (Å²) in [6.45, 7) is 0.833. The van der Waals surface area contributed by atoms with Crippen molar-refractivity contribution < 1.29 is 14.3 Å². The van der Waals surface area contributed by atoms with E-state index < -0.39 is 0 Å². The maximum absolute atomic E-state index is 12.3. The highest BCUT2D eigenvalue weighted by atomic mass is 32.1. The second-order valence-electron chi connectivity index (χ2n) is 6.36. The number of fused-ring (bicyclic) bond motifs is 2. The van der Waals surface area contributed by atoms with Crippen LogP contribution in [0.2, 0.25) is 0 Å². The van der Waals surface area contributed by atoms with Gasteiger partial charge in [-0.1, -0.05) is 29.9 Å². The molecule has 9 heteroatoms. The quantitative estimate of drug-likeness (QED) is 0.437. The first-order chi connectivity index (χ1) is 13.2. The third-order valence-electron chi connectivity index (χ3n) is 4.52. The maximum Gasteiger partial charge on any atom is 0.261 e. The molecule has 3 heterocycles. The highest BCUT2D eigenvalue weighted by Gasteiger charge is 2.34. The summed E-state index contributed by atoms with van der Waals surface area (Å²) in [4.78, 5) is 26.8. The Balaban J connectivity index is 1.27. The summed E-state index contributed by atoms with van der Waals surface area (Å²) in [6.07, 6.45) is 3.47. The number of carbonyl (C=O) groups is 2. The van der Waals surface area contributed by atoms with Crippen molar-refractivity contribution in [1.29, 1.82) is 0 Å². The Hall–Kier alpha value is -2.65. The summed E-state index contributed by atoms with van der Waals surface area (Å²) in [7, 11) is 1.61. The number of aromatic nitrogens is 4. The van der Waals surface area contributed by atoms with Crippen molar-refractivity contribution in [2.75, 3.05) is 13.7 Å². The zero-order valence-electron chi connectivity index (χ0n) is 14.9. The number of nitrogens with zero attached hydrogens (tertiary/aromatic N) is 5. The monoisotopic (exact) mass is 385 g/mol. The van der Waals surface area contributed by atoms with Gasteiger partial charge in [-0.15, -0.1) is 10.2 Å². The van der Waals surface area contributed by atoms with E-state index in [2.05, 4.69) is 15.3 Å². The topological polar surface area (TPSA) is 89.7 Å². The molecule has 3 aromatic rings. The molecule has 0 saturated heterocycles. The molecule has 1 aromatic carbocycles. The average molecular weight is 385 g/mol. The normalized spacial score (nSPS) is 13.7. The van der Waals surface area contributed by atoms with Gasteiger partial charge in [0, 0.05) is 20.1 Å². The van der Waals surface area contributed by atoms with Crippen LogP contribution in [-0.4, -0.2) is 50.2 Å². The van der Waals surface area contributed by atoms with E-state index in [1.807, 2.05) is 0 Å². The third kappa shape index (κ3) is 3.35. The van der Waals surface area contributed by atoms with Crippen molar-refractivity contribution in [3.63, 3.8) is 0 Å². The Bertz CT molecular complexity index is 961. The van der Waals surface area contributed by atoms with Gasteiger partial charge in [-0.2, -0.15) is 9.61 Å². The van der Waals surface area contributed by atoms with Gasteiger partial charge in [0.2, 0.25) is 4.96 Å². The molecular weight excluding hydrogens is 366 g/mol. The van der Waals surface area contributed by atoms with Gasteiger partial charge in [0.25, 0.3) is 11.8 Å². The minimum atomic E-state index is -0.185. The van der Waals surface area contributed by atoms with Crippen molar-refractivity contribution >= 4 is 28.1 Å². The first-order valence-electron chi connectivity index (χ1n) is 8.83. The van der Waals surface area contributed by atoms with E-state index in [0.29, 0.717) is 30.1 Å². The number of rotatable bonds is 8. The number of aryl methyl sites for hydroxylation is 1. The van der Waals surface area contributed by atoms with E-state index in [1.54, 1.807) is 35.9 Å².